The first kappa shape index (κ1) is 9.93. The number of hydrogen-bond acceptors (Lipinski definition) is 3. The van der Waals surface area contributed by atoms with Crippen LogP contribution in [-0.4, -0.2) is 10.1 Å². The maximum atomic E-state index is 9.99. The van der Waals surface area contributed by atoms with Crippen LogP contribution in [-0.2, 0) is 6.42 Å². The number of rotatable bonds is 3. The lowest BCUT2D eigenvalue weighted by atomic mass is 10.0. The molecule has 0 saturated carbocycles. The highest BCUT2D eigenvalue weighted by Gasteiger charge is 2.11. The molecule has 0 spiro atoms. The molecule has 0 saturated heterocycles. The van der Waals surface area contributed by atoms with E-state index in [0.29, 0.717) is 6.42 Å². The van der Waals surface area contributed by atoms with Gasteiger partial charge in [-0.2, -0.15) is 0 Å². The Balaban J connectivity index is 2.15. The summed E-state index contributed by atoms with van der Waals surface area (Å²) in [5.41, 5.74) is 2.92. The van der Waals surface area contributed by atoms with E-state index in [4.69, 9.17) is 4.42 Å². The molecule has 0 bridgehead atoms. The Morgan fingerprint density at radius 3 is 3.00 bits per heavy atom. The highest BCUT2D eigenvalue weighted by Crippen LogP contribution is 2.20. The molecule has 2 heterocycles. The topological polar surface area (TPSA) is 46.3 Å². The van der Waals surface area contributed by atoms with Crippen molar-refractivity contribution in [3.8, 4) is 0 Å². The Morgan fingerprint density at radius 2 is 2.33 bits per heavy atom. The van der Waals surface area contributed by atoms with Crippen LogP contribution in [0.15, 0.2) is 41.5 Å². The number of nitrogens with zero attached hydrogens (tertiary/aromatic N) is 1. The zero-order chi connectivity index (χ0) is 10.7. The molecule has 1 atom stereocenters. The average molecular weight is 203 g/mol. The lowest BCUT2D eigenvalue weighted by Gasteiger charge is -2.11. The lowest BCUT2D eigenvalue weighted by Crippen LogP contribution is -2.03. The summed E-state index contributed by atoms with van der Waals surface area (Å²) in [6.45, 7) is 1.97. The van der Waals surface area contributed by atoms with Gasteiger partial charge >= 0.3 is 0 Å². The van der Waals surface area contributed by atoms with Gasteiger partial charge in [0.25, 0.3) is 0 Å². The summed E-state index contributed by atoms with van der Waals surface area (Å²) in [6.07, 6.45) is 6.73. The van der Waals surface area contributed by atoms with E-state index in [1.54, 1.807) is 24.9 Å². The van der Waals surface area contributed by atoms with Crippen LogP contribution in [0.1, 0.15) is 22.8 Å². The van der Waals surface area contributed by atoms with Gasteiger partial charge in [-0.25, -0.2) is 0 Å². The van der Waals surface area contributed by atoms with E-state index in [1.165, 1.54) is 0 Å². The second-order valence-corrected chi connectivity index (χ2v) is 3.58. The number of pyridine rings is 1. The van der Waals surface area contributed by atoms with Gasteiger partial charge in [-0.15, -0.1) is 0 Å². The monoisotopic (exact) mass is 203 g/mol. The molecule has 2 aromatic heterocycles. The normalized spacial score (nSPS) is 12.7. The van der Waals surface area contributed by atoms with Gasteiger partial charge in [0.15, 0.2) is 0 Å². The third kappa shape index (κ3) is 2.25. The fourth-order valence-electron chi connectivity index (χ4n) is 1.57. The second kappa shape index (κ2) is 4.28. The maximum Gasteiger partial charge on any atom is 0.0935 e. The highest BCUT2D eigenvalue weighted by molar-refractivity contribution is 5.25. The molecule has 0 aliphatic heterocycles. The third-order valence-electron chi connectivity index (χ3n) is 2.45. The Hall–Kier alpha value is -1.61. The average Bonchev–Trinajstić information content (AvgIpc) is 2.71. The molecular weight excluding hydrogens is 190 g/mol. The molecule has 0 radical (unpaired) electrons. The van der Waals surface area contributed by atoms with Crippen molar-refractivity contribution in [2.75, 3.05) is 0 Å². The quantitative estimate of drug-likeness (QED) is 0.832. The van der Waals surface area contributed by atoms with E-state index >= 15 is 0 Å². The molecule has 15 heavy (non-hydrogen) atoms. The van der Waals surface area contributed by atoms with Gasteiger partial charge in [0.2, 0.25) is 0 Å². The third-order valence-corrected chi connectivity index (χ3v) is 2.45. The minimum Gasteiger partial charge on any atom is -0.472 e. The number of furan rings is 1. The summed E-state index contributed by atoms with van der Waals surface area (Å²) in [4.78, 5) is 4.01. The summed E-state index contributed by atoms with van der Waals surface area (Å²) in [7, 11) is 0. The summed E-state index contributed by atoms with van der Waals surface area (Å²) in [6, 6.07) is 3.75. The van der Waals surface area contributed by atoms with Crippen molar-refractivity contribution in [1.82, 2.24) is 4.98 Å². The zero-order valence-corrected chi connectivity index (χ0v) is 8.55. The van der Waals surface area contributed by atoms with E-state index in [9.17, 15) is 5.11 Å². The molecule has 0 amide bonds. The molecular formula is C12H13NO2. The standard InChI is InChI=1S/C12H13NO2/c1-9-2-4-13-7-11(9)12(14)6-10-3-5-15-8-10/h2-5,7-8,12,14H,6H2,1H3. The van der Waals surface area contributed by atoms with Gasteiger partial charge < -0.3 is 9.52 Å². The van der Waals surface area contributed by atoms with Crippen molar-refractivity contribution in [2.45, 2.75) is 19.4 Å². The van der Waals surface area contributed by atoms with Crippen molar-refractivity contribution in [2.24, 2.45) is 0 Å². The molecule has 1 unspecified atom stereocenters. The van der Waals surface area contributed by atoms with E-state index in [-0.39, 0.29) is 0 Å². The molecule has 3 nitrogen and oxygen atoms in total. The SMILES string of the molecule is Cc1ccncc1C(O)Cc1ccoc1. The van der Waals surface area contributed by atoms with Crippen LogP contribution in [0.3, 0.4) is 0 Å². The van der Waals surface area contributed by atoms with Gasteiger partial charge in [-0.1, -0.05) is 0 Å². The van der Waals surface area contributed by atoms with E-state index in [2.05, 4.69) is 4.98 Å². The Kier molecular flexibility index (Phi) is 2.83. The molecule has 3 heteroatoms. The molecule has 0 aliphatic rings. The first-order valence-corrected chi connectivity index (χ1v) is 4.87. The predicted molar refractivity (Wildman–Crippen MR) is 56.3 cm³/mol. The van der Waals surface area contributed by atoms with E-state index < -0.39 is 6.10 Å². The molecule has 2 aromatic rings. The summed E-state index contributed by atoms with van der Waals surface area (Å²) in [5, 5.41) is 9.99. The molecule has 2 rings (SSSR count). The predicted octanol–water partition coefficient (Wildman–Crippen LogP) is 2.26. The van der Waals surface area contributed by atoms with Gasteiger partial charge in [-0.05, 0) is 30.2 Å². The fraction of sp³-hybridized carbons (Fsp3) is 0.250. The van der Waals surface area contributed by atoms with Gasteiger partial charge in [-0.3, -0.25) is 4.98 Å². The fourth-order valence-corrected chi connectivity index (χ4v) is 1.57. The van der Waals surface area contributed by atoms with Crippen LogP contribution in [0.25, 0.3) is 0 Å². The van der Waals surface area contributed by atoms with Crippen molar-refractivity contribution in [3.05, 3.63) is 53.7 Å². The summed E-state index contributed by atoms with van der Waals surface area (Å²) in [5.74, 6) is 0. The van der Waals surface area contributed by atoms with Crippen molar-refractivity contribution >= 4 is 0 Å². The summed E-state index contributed by atoms with van der Waals surface area (Å²) >= 11 is 0. The summed E-state index contributed by atoms with van der Waals surface area (Å²) < 4.78 is 4.95. The molecule has 0 aromatic carbocycles. The number of hydrogen-bond donors (Lipinski definition) is 1. The van der Waals surface area contributed by atoms with Crippen LogP contribution < -0.4 is 0 Å². The van der Waals surface area contributed by atoms with Crippen LogP contribution in [0.4, 0.5) is 0 Å². The van der Waals surface area contributed by atoms with Gasteiger partial charge in [0.05, 0.1) is 18.6 Å². The van der Waals surface area contributed by atoms with Crippen molar-refractivity contribution < 1.29 is 9.52 Å². The number of aliphatic hydroxyl groups is 1. The molecule has 78 valence electrons. The van der Waals surface area contributed by atoms with Crippen LogP contribution in [0.5, 0.6) is 0 Å². The van der Waals surface area contributed by atoms with Gasteiger partial charge in [0, 0.05) is 24.4 Å². The number of aliphatic hydroxyl groups excluding tert-OH is 1. The van der Waals surface area contributed by atoms with E-state index in [1.807, 2.05) is 19.1 Å². The van der Waals surface area contributed by atoms with Crippen LogP contribution in [0.2, 0.25) is 0 Å². The van der Waals surface area contributed by atoms with Crippen LogP contribution >= 0.6 is 0 Å². The maximum absolute atomic E-state index is 9.99. The molecule has 1 N–H and O–H groups in total. The Labute approximate surface area is 88.4 Å². The first-order valence-electron chi connectivity index (χ1n) is 4.87. The Morgan fingerprint density at radius 1 is 1.47 bits per heavy atom. The largest absolute Gasteiger partial charge is 0.472 e. The number of aryl methyl sites for hydroxylation is 1. The molecule has 0 aliphatic carbocycles. The first-order chi connectivity index (χ1) is 7.27. The smallest absolute Gasteiger partial charge is 0.0935 e. The van der Waals surface area contributed by atoms with Crippen molar-refractivity contribution in [3.63, 3.8) is 0 Å². The minimum atomic E-state index is -0.517. The molecule has 0 fully saturated rings. The Bertz CT molecular complexity index is 423. The van der Waals surface area contributed by atoms with E-state index in [0.717, 1.165) is 16.7 Å². The lowest BCUT2D eigenvalue weighted by molar-refractivity contribution is 0.177. The minimum absolute atomic E-state index is 0.517. The van der Waals surface area contributed by atoms with Gasteiger partial charge in [0.1, 0.15) is 0 Å². The second-order valence-electron chi connectivity index (χ2n) is 3.58. The zero-order valence-electron chi connectivity index (χ0n) is 8.55. The van der Waals surface area contributed by atoms with Crippen molar-refractivity contribution in [1.29, 1.82) is 0 Å². The number of aromatic nitrogens is 1. The van der Waals surface area contributed by atoms with Crippen LogP contribution in [0, 0.1) is 6.92 Å². The highest BCUT2D eigenvalue weighted by atomic mass is 16.3.